The lowest BCUT2D eigenvalue weighted by molar-refractivity contribution is -0.113. The zero-order valence-corrected chi connectivity index (χ0v) is 16.5. The third kappa shape index (κ3) is 2.89. The van der Waals surface area contributed by atoms with Gasteiger partial charge in [-0.25, -0.2) is 9.37 Å². The topological polar surface area (TPSA) is 59.8 Å². The number of amides is 1. The van der Waals surface area contributed by atoms with Crippen LogP contribution in [0.2, 0.25) is 0 Å². The lowest BCUT2D eigenvalue weighted by Gasteiger charge is -2.15. The molecule has 5 rings (SSSR count). The number of halogens is 1. The fourth-order valence-electron chi connectivity index (χ4n) is 3.37. The van der Waals surface area contributed by atoms with Gasteiger partial charge < -0.3 is 5.32 Å². The molecular weight excluding hydrogens is 395 g/mol. The van der Waals surface area contributed by atoms with Crippen LogP contribution >= 0.6 is 23.1 Å². The highest BCUT2D eigenvalue weighted by atomic mass is 32.2. The Hall–Kier alpha value is -2.71. The van der Waals surface area contributed by atoms with Gasteiger partial charge in [0, 0.05) is 5.56 Å². The van der Waals surface area contributed by atoms with Gasteiger partial charge in [-0.05, 0) is 36.8 Å². The van der Waals surface area contributed by atoms with Gasteiger partial charge in [-0.3, -0.25) is 4.79 Å². The summed E-state index contributed by atoms with van der Waals surface area (Å²) in [6.45, 7) is 1.93. The average molecular weight is 410 g/mol. The summed E-state index contributed by atoms with van der Waals surface area (Å²) in [7, 11) is 0. The fraction of sp³-hybridized carbons (Fsp3) is 0.150. The average Bonchev–Trinajstić information content (AvgIpc) is 3.19. The van der Waals surface area contributed by atoms with Gasteiger partial charge in [0.2, 0.25) is 11.0 Å². The second-order valence-electron chi connectivity index (χ2n) is 6.51. The molecule has 1 aliphatic rings. The second-order valence-corrected chi connectivity index (χ2v) is 8.62. The standard InChI is InChI=1S/C20H15FN4OS2/c1-11-17-18(12-6-8-13(21)9-7-12)27-10-16(26)23-19(17)25(24-11)20-22-14-4-2-3-5-15(14)28-20/h2-9,18H,10H2,1H3,(H,23,26). The van der Waals surface area contributed by atoms with E-state index in [-0.39, 0.29) is 17.0 Å². The first-order chi connectivity index (χ1) is 13.6. The van der Waals surface area contributed by atoms with Gasteiger partial charge in [0.1, 0.15) is 11.6 Å². The normalized spacial score (nSPS) is 16.6. The number of benzene rings is 2. The number of fused-ring (bicyclic) bond motifs is 2. The van der Waals surface area contributed by atoms with Crippen LogP contribution in [0.5, 0.6) is 0 Å². The van der Waals surface area contributed by atoms with E-state index in [4.69, 9.17) is 0 Å². The molecule has 1 N–H and O–H groups in total. The highest BCUT2D eigenvalue weighted by molar-refractivity contribution is 8.00. The third-order valence-electron chi connectivity index (χ3n) is 4.64. The van der Waals surface area contributed by atoms with Crippen molar-refractivity contribution in [2.24, 2.45) is 0 Å². The van der Waals surface area contributed by atoms with Gasteiger partial charge >= 0.3 is 0 Å². The van der Waals surface area contributed by atoms with Crippen molar-refractivity contribution in [2.75, 3.05) is 11.1 Å². The number of aryl methyl sites for hydroxylation is 1. The van der Waals surface area contributed by atoms with Gasteiger partial charge in [0.15, 0.2) is 0 Å². The molecule has 140 valence electrons. The Balaban J connectivity index is 1.69. The molecule has 2 aromatic heterocycles. The first-order valence-corrected chi connectivity index (χ1v) is 10.6. The minimum Gasteiger partial charge on any atom is -0.310 e. The van der Waals surface area contributed by atoms with E-state index in [0.717, 1.165) is 27.0 Å². The maximum absolute atomic E-state index is 13.4. The number of nitrogens with one attached hydrogen (secondary N) is 1. The van der Waals surface area contributed by atoms with Gasteiger partial charge in [-0.1, -0.05) is 35.6 Å². The molecule has 3 heterocycles. The molecule has 2 aromatic carbocycles. The number of nitrogens with zero attached hydrogens (tertiary/aromatic N) is 3. The molecule has 0 bridgehead atoms. The minimum absolute atomic E-state index is 0.0851. The van der Waals surface area contributed by atoms with Crippen LogP contribution in [0.3, 0.4) is 0 Å². The zero-order chi connectivity index (χ0) is 19.3. The van der Waals surface area contributed by atoms with Crippen molar-refractivity contribution < 1.29 is 9.18 Å². The number of anilines is 1. The summed E-state index contributed by atoms with van der Waals surface area (Å²) in [5.74, 6) is 0.591. The summed E-state index contributed by atoms with van der Waals surface area (Å²) in [6.07, 6.45) is 0. The number of para-hydroxylation sites is 1. The van der Waals surface area contributed by atoms with E-state index in [9.17, 15) is 9.18 Å². The first-order valence-electron chi connectivity index (χ1n) is 8.72. The molecule has 0 saturated heterocycles. The van der Waals surface area contributed by atoms with E-state index >= 15 is 0 Å². The number of aromatic nitrogens is 3. The molecule has 1 amide bonds. The predicted octanol–water partition coefficient (Wildman–Crippen LogP) is 4.70. The van der Waals surface area contributed by atoms with E-state index < -0.39 is 0 Å². The second kappa shape index (κ2) is 6.72. The largest absolute Gasteiger partial charge is 0.310 e. The van der Waals surface area contributed by atoms with Gasteiger partial charge in [0.05, 0.1) is 26.9 Å². The summed E-state index contributed by atoms with van der Waals surface area (Å²) in [5.41, 5.74) is 3.59. The van der Waals surface area contributed by atoms with Crippen LogP contribution < -0.4 is 5.32 Å². The smallest absolute Gasteiger partial charge is 0.235 e. The van der Waals surface area contributed by atoms with Crippen LogP contribution in [0, 0.1) is 12.7 Å². The van der Waals surface area contributed by atoms with Crippen LogP contribution in [0.1, 0.15) is 22.1 Å². The molecule has 28 heavy (non-hydrogen) atoms. The van der Waals surface area contributed by atoms with E-state index in [2.05, 4.69) is 15.4 Å². The first kappa shape index (κ1) is 17.4. The van der Waals surface area contributed by atoms with Crippen LogP contribution in [-0.2, 0) is 4.79 Å². The van der Waals surface area contributed by atoms with E-state index in [1.807, 2.05) is 31.2 Å². The zero-order valence-electron chi connectivity index (χ0n) is 14.8. The Kier molecular flexibility index (Phi) is 4.17. The number of thiazole rings is 1. The molecule has 0 radical (unpaired) electrons. The lowest BCUT2D eigenvalue weighted by atomic mass is 10.0. The van der Waals surface area contributed by atoms with Crippen molar-refractivity contribution in [1.82, 2.24) is 14.8 Å². The Morgan fingerprint density at radius 3 is 2.75 bits per heavy atom. The number of rotatable bonds is 2. The third-order valence-corrected chi connectivity index (χ3v) is 6.93. The summed E-state index contributed by atoms with van der Waals surface area (Å²) >= 11 is 3.04. The summed E-state index contributed by atoms with van der Waals surface area (Å²) < 4.78 is 16.2. The van der Waals surface area contributed by atoms with E-state index in [1.54, 1.807) is 16.8 Å². The monoisotopic (exact) mass is 410 g/mol. The molecule has 0 aliphatic carbocycles. The highest BCUT2D eigenvalue weighted by Crippen LogP contribution is 2.44. The molecule has 8 heteroatoms. The fourth-order valence-corrected chi connectivity index (χ4v) is 5.49. The molecule has 5 nitrogen and oxygen atoms in total. The van der Waals surface area contributed by atoms with E-state index in [0.29, 0.717) is 16.7 Å². The predicted molar refractivity (Wildman–Crippen MR) is 111 cm³/mol. The summed E-state index contributed by atoms with van der Waals surface area (Å²) in [6, 6.07) is 14.3. The SMILES string of the molecule is Cc1nn(-c2nc3ccccc3s2)c2c1C(c1ccc(F)cc1)SCC(=O)N2. The molecule has 0 fully saturated rings. The number of hydrogen-bond donors (Lipinski definition) is 1. The molecule has 0 saturated carbocycles. The Bertz CT molecular complexity index is 1170. The Labute approximate surface area is 168 Å². The van der Waals surface area contributed by atoms with Crippen molar-refractivity contribution in [3.63, 3.8) is 0 Å². The summed E-state index contributed by atoms with van der Waals surface area (Å²) in [5, 5.41) is 8.28. The van der Waals surface area contributed by atoms with Crippen molar-refractivity contribution in [3.05, 3.63) is 71.2 Å². The van der Waals surface area contributed by atoms with Crippen LogP contribution in [-0.4, -0.2) is 26.4 Å². The molecule has 1 aliphatic heterocycles. The maximum Gasteiger partial charge on any atom is 0.235 e. The number of hydrogen-bond acceptors (Lipinski definition) is 5. The van der Waals surface area contributed by atoms with Crippen molar-refractivity contribution >= 4 is 45.0 Å². The number of carbonyl (C=O) groups excluding carboxylic acids is 1. The van der Waals surface area contributed by atoms with Crippen molar-refractivity contribution in [3.8, 4) is 5.13 Å². The molecule has 0 spiro atoms. The van der Waals surface area contributed by atoms with Crippen LogP contribution in [0.4, 0.5) is 10.2 Å². The maximum atomic E-state index is 13.4. The molecule has 1 unspecified atom stereocenters. The molecule has 4 aromatic rings. The van der Waals surface area contributed by atoms with Gasteiger partial charge in [0.25, 0.3) is 0 Å². The van der Waals surface area contributed by atoms with Crippen LogP contribution in [0.25, 0.3) is 15.3 Å². The Morgan fingerprint density at radius 2 is 1.96 bits per heavy atom. The van der Waals surface area contributed by atoms with Crippen molar-refractivity contribution in [2.45, 2.75) is 12.2 Å². The quantitative estimate of drug-likeness (QED) is 0.520. The number of thioether (sulfide) groups is 1. The highest BCUT2D eigenvalue weighted by Gasteiger charge is 2.31. The van der Waals surface area contributed by atoms with Gasteiger partial charge in [-0.15, -0.1) is 11.8 Å². The van der Waals surface area contributed by atoms with Crippen LogP contribution in [0.15, 0.2) is 48.5 Å². The van der Waals surface area contributed by atoms with Gasteiger partial charge in [-0.2, -0.15) is 9.78 Å². The lowest BCUT2D eigenvalue weighted by Crippen LogP contribution is -2.15. The summed E-state index contributed by atoms with van der Waals surface area (Å²) in [4.78, 5) is 17.1. The Morgan fingerprint density at radius 1 is 1.18 bits per heavy atom. The molecular formula is C20H15FN4OS2. The van der Waals surface area contributed by atoms with E-state index in [1.165, 1.54) is 35.2 Å². The minimum atomic E-state index is -0.279. The molecule has 1 atom stereocenters. The van der Waals surface area contributed by atoms with Crippen molar-refractivity contribution in [1.29, 1.82) is 0 Å². The number of carbonyl (C=O) groups is 1.